The highest BCUT2D eigenvalue weighted by Gasteiger charge is 2.54. The number of rotatable bonds is 30. The van der Waals surface area contributed by atoms with Gasteiger partial charge in [-0.25, -0.2) is 19.7 Å². The first kappa shape index (κ1) is 61.5. The van der Waals surface area contributed by atoms with E-state index in [2.05, 4.69) is 132 Å². The van der Waals surface area contributed by atoms with Crippen LogP contribution in [0, 0.1) is 57.2 Å². The third-order valence-electron chi connectivity index (χ3n) is 18.8. The molecule has 2 aliphatic rings. The topological polar surface area (TPSA) is 107 Å². The molecule has 10 unspecified atom stereocenters. The fourth-order valence-electron chi connectivity index (χ4n) is 13.4. The molecule has 2 heterocycles. The van der Waals surface area contributed by atoms with Crippen LogP contribution < -0.4 is 0 Å². The lowest BCUT2D eigenvalue weighted by molar-refractivity contribution is -0.150. The van der Waals surface area contributed by atoms with Crippen LogP contribution in [0.4, 0.5) is 0 Å². The average molecular weight is 1040 g/mol. The van der Waals surface area contributed by atoms with Gasteiger partial charge in [0, 0.05) is 35.1 Å². The molecule has 0 saturated heterocycles. The fourth-order valence-corrected chi connectivity index (χ4v) is 13.4. The predicted octanol–water partition coefficient (Wildman–Crippen LogP) is 18.8. The van der Waals surface area contributed by atoms with Crippen molar-refractivity contribution in [3.05, 3.63) is 130 Å². The summed E-state index contributed by atoms with van der Waals surface area (Å²) in [5.74, 6) is -0.306. The summed E-state index contributed by atoms with van der Waals surface area (Å²) in [6.07, 6.45) is 26.2. The summed E-state index contributed by atoms with van der Waals surface area (Å²) in [7, 11) is 0. The molecule has 3 aromatic carbocycles. The first-order valence-corrected chi connectivity index (χ1v) is 30.2. The minimum Gasteiger partial charge on any atom is -0.336 e. The van der Waals surface area contributed by atoms with Crippen LogP contribution in [0.2, 0.25) is 0 Å². The van der Waals surface area contributed by atoms with Crippen molar-refractivity contribution in [3.8, 4) is 12.1 Å². The van der Waals surface area contributed by atoms with E-state index in [0.29, 0.717) is 11.1 Å². The van der Waals surface area contributed by atoms with E-state index in [1.807, 2.05) is 34.4 Å². The van der Waals surface area contributed by atoms with Crippen LogP contribution in [-0.2, 0) is 9.68 Å². The van der Waals surface area contributed by atoms with Gasteiger partial charge in [-0.2, -0.15) is 10.5 Å². The van der Waals surface area contributed by atoms with Gasteiger partial charge in [-0.05, 0) is 122 Å². The maximum Gasteiger partial charge on any atom is 0.363 e. The lowest BCUT2D eigenvalue weighted by Crippen LogP contribution is -2.54. The molecule has 0 aliphatic carbocycles. The van der Waals surface area contributed by atoms with Crippen molar-refractivity contribution in [1.29, 1.82) is 10.5 Å². The zero-order chi connectivity index (χ0) is 55.4. The average Bonchev–Trinajstić information content (AvgIpc) is 3.43. The molecular formula is C68H98N4O4. The molecule has 10 atom stereocenters. The highest BCUT2D eigenvalue weighted by atomic mass is 16.7. The molecule has 0 bridgehead atoms. The molecule has 0 fully saturated rings. The number of hydrogen-bond acceptors (Lipinski definition) is 8. The number of allylic oxidation sites excluding steroid dienone is 2. The normalized spacial score (nSPS) is 23.1. The van der Waals surface area contributed by atoms with Crippen molar-refractivity contribution in [2.75, 3.05) is 0 Å². The molecule has 0 spiro atoms. The van der Waals surface area contributed by atoms with Crippen LogP contribution in [0.15, 0.2) is 96.3 Å². The van der Waals surface area contributed by atoms with Crippen LogP contribution in [0.3, 0.4) is 0 Å². The highest BCUT2D eigenvalue weighted by molar-refractivity contribution is 6.03. The third kappa shape index (κ3) is 14.4. The lowest BCUT2D eigenvalue weighted by atomic mass is 9.56. The number of nitriles is 2. The van der Waals surface area contributed by atoms with Gasteiger partial charge < -0.3 is 9.68 Å². The minimum absolute atomic E-state index is 0.0103. The van der Waals surface area contributed by atoms with Gasteiger partial charge in [-0.15, -0.1) is 0 Å². The first-order valence-electron chi connectivity index (χ1n) is 30.2. The summed E-state index contributed by atoms with van der Waals surface area (Å²) >= 11 is 0. The summed E-state index contributed by atoms with van der Waals surface area (Å²) in [5, 5.41) is 23.9. The summed E-state index contributed by atoms with van der Waals surface area (Å²) in [4.78, 5) is 43.5. The Morgan fingerprint density at radius 3 is 1.22 bits per heavy atom. The molecule has 0 N–H and O–H groups in total. The number of unbranched alkanes of at least 4 members (excludes halogenated alkanes) is 10. The monoisotopic (exact) mass is 1030 g/mol. The third-order valence-corrected chi connectivity index (χ3v) is 18.8. The molecule has 414 valence electrons. The van der Waals surface area contributed by atoms with E-state index in [-0.39, 0.29) is 58.7 Å². The second-order valence-corrected chi connectivity index (χ2v) is 23.4. The van der Waals surface area contributed by atoms with E-state index in [0.717, 1.165) is 114 Å². The van der Waals surface area contributed by atoms with Gasteiger partial charge in [0.25, 0.3) is 0 Å². The van der Waals surface area contributed by atoms with Crippen molar-refractivity contribution in [1.82, 2.24) is 10.1 Å². The Labute approximate surface area is 461 Å². The molecule has 3 aromatic rings. The van der Waals surface area contributed by atoms with Crippen molar-refractivity contribution in [2.24, 2.45) is 34.5 Å². The smallest absolute Gasteiger partial charge is 0.336 e. The number of hydroxylamine groups is 4. The Hall–Kier alpha value is -5.34. The second kappa shape index (κ2) is 30.0. The number of carbonyl (C=O) groups is 2. The molecule has 5 rings (SSSR count). The van der Waals surface area contributed by atoms with Gasteiger partial charge in [0.15, 0.2) is 0 Å². The Morgan fingerprint density at radius 2 is 0.882 bits per heavy atom. The first-order chi connectivity index (χ1) is 36.6. The van der Waals surface area contributed by atoms with E-state index in [1.54, 1.807) is 24.3 Å². The summed E-state index contributed by atoms with van der Waals surface area (Å²) in [5.41, 5.74) is 5.52. The number of benzene rings is 3. The van der Waals surface area contributed by atoms with Crippen LogP contribution >= 0.6 is 0 Å². The predicted molar refractivity (Wildman–Crippen MR) is 312 cm³/mol. The summed E-state index contributed by atoms with van der Waals surface area (Å²) in [6.45, 7) is 27.4. The lowest BCUT2D eigenvalue weighted by Gasteiger charge is -2.54. The summed E-state index contributed by atoms with van der Waals surface area (Å²) in [6, 6.07) is 27.6. The fraction of sp³-hybridized carbons (Fsp3) is 0.618. The van der Waals surface area contributed by atoms with Crippen LogP contribution in [0.25, 0.3) is 0 Å². The van der Waals surface area contributed by atoms with Gasteiger partial charge in [-0.3, -0.25) is 0 Å². The maximum absolute atomic E-state index is 15.1. The number of carbonyl (C=O) groups excluding carboxylic acids is 2. The zero-order valence-electron chi connectivity index (χ0n) is 49.3. The zero-order valence-corrected chi connectivity index (χ0v) is 49.3. The molecule has 8 heteroatoms. The molecule has 2 aliphatic heterocycles. The van der Waals surface area contributed by atoms with Gasteiger partial charge in [-0.1, -0.05) is 208 Å². The molecule has 0 amide bonds. The van der Waals surface area contributed by atoms with Crippen LogP contribution in [0.1, 0.15) is 266 Å². The van der Waals surface area contributed by atoms with E-state index in [9.17, 15) is 10.5 Å². The SMILES string of the molecule is CCCCCCC(C)C1(C)C(c2cccc(C#N)c2)C(C(CC)CCCCC)=CN(OC(=O)c2ccccc2C(=O)ON2C=C(C(CC)CCCCC)C(c3cccc(C#N)c3)C(C)(C(C)CCCCCC)C2C)C1C. The van der Waals surface area contributed by atoms with Crippen LogP contribution in [-0.4, -0.2) is 34.1 Å². The number of hydrogen-bond donors (Lipinski definition) is 0. The van der Waals surface area contributed by atoms with Gasteiger partial charge in [0.1, 0.15) is 0 Å². The Bertz CT molecular complexity index is 2290. The van der Waals surface area contributed by atoms with Crippen LogP contribution in [0.5, 0.6) is 0 Å². The molecule has 76 heavy (non-hydrogen) atoms. The second-order valence-electron chi connectivity index (χ2n) is 23.4. The Morgan fingerprint density at radius 1 is 0.526 bits per heavy atom. The number of nitrogens with zero attached hydrogens (tertiary/aromatic N) is 4. The summed E-state index contributed by atoms with van der Waals surface area (Å²) < 4.78 is 0. The van der Waals surface area contributed by atoms with Gasteiger partial charge in [0.2, 0.25) is 0 Å². The van der Waals surface area contributed by atoms with E-state index < -0.39 is 22.8 Å². The molecule has 0 saturated carbocycles. The molecular weight excluding hydrogens is 937 g/mol. The molecule has 0 radical (unpaired) electrons. The standard InChI is InChI=1S/C68H98N4O4/c1-13-19-23-27-33-49(7)67(11)51(9)71(47-61(55(17-5)37-25-21-15-3)63(67)57-39-31-35-53(43-57)45-69)75-65(73)59-41-29-30-42-60(59)66(74)76-72-48-62(56(18-6)38-26-22-16-4)64(58-40-32-36-54(44-58)46-70)68(12,52(72)10)50(8)34-28-24-20-14-2/h29-32,35-36,39-44,47-52,55-56,63-64H,13-28,33-34,37-38H2,1-12H3. The Kier molecular flexibility index (Phi) is 24.3. The van der Waals surface area contributed by atoms with Gasteiger partial charge in [0.05, 0.1) is 46.5 Å². The molecule has 0 aromatic heterocycles. The molecule has 8 nitrogen and oxygen atoms in total. The van der Waals surface area contributed by atoms with Crippen molar-refractivity contribution >= 4 is 11.9 Å². The largest absolute Gasteiger partial charge is 0.363 e. The quantitative estimate of drug-likeness (QED) is 0.0608. The van der Waals surface area contributed by atoms with E-state index in [1.165, 1.54) is 36.8 Å². The van der Waals surface area contributed by atoms with Crippen molar-refractivity contribution in [2.45, 2.75) is 235 Å². The Balaban J connectivity index is 1.61. The van der Waals surface area contributed by atoms with E-state index in [4.69, 9.17) is 9.68 Å². The highest BCUT2D eigenvalue weighted by Crippen LogP contribution is 2.58. The van der Waals surface area contributed by atoms with Crippen molar-refractivity contribution in [3.63, 3.8) is 0 Å². The minimum atomic E-state index is -0.607. The van der Waals surface area contributed by atoms with Crippen molar-refractivity contribution < 1.29 is 19.3 Å². The van der Waals surface area contributed by atoms with Gasteiger partial charge >= 0.3 is 11.9 Å². The maximum atomic E-state index is 15.1. The van der Waals surface area contributed by atoms with E-state index >= 15 is 9.59 Å².